The van der Waals surface area contributed by atoms with Crippen LogP contribution in [0.1, 0.15) is 45.6 Å². The quantitative estimate of drug-likeness (QED) is 0.600. The summed E-state index contributed by atoms with van der Waals surface area (Å²) < 4.78 is 1.88. The van der Waals surface area contributed by atoms with Crippen molar-refractivity contribution in [1.82, 2.24) is 15.0 Å². The van der Waals surface area contributed by atoms with E-state index in [4.69, 9.17) is 0 Å². The molecule has 4 nitrogen and oxygen atoms in total. The van der Waals surface area contributed by atoms with Crippen molar-refractivity contribution in [2.75, 3.05) is 11.4 Å². The third-order valence-corrected chi connectivity index (χ3v) is 5.05. The summed E-state index contributed by atoms with van der Waals surface area (Å²) in [7, 11) is 1.96. The van der Waals surface area contributed by atoms with Gasteiger partial charge in [-0.05, 0) is 18.6 Å². The second-order valence-electron chi connectivity index (χ2n) is 6.95. The maximum Gasteiger partial charge on any atom is 0.123 e. The molecule has 1 aliphatic heterocycles. The van der Waals surface area contributed by atoms with Crippen molar-refractivity contribution in [2.24, 2.45) is 7.05 Å². The Labute approximate surface area is 162 Å². The molecule has 0 spiro atoms. The fourth-order valence-electron chi connectivity index (χ4n) is 3.61. The van der Waals surface area contributed by atoms with Gasteiger partial charge in [-0.15, -0.1) is 5.10 Å². The zero-order chi connectivity index (χ0) is 19.2. The van der Waals surface area contributed by atoms with Crippen LogP contribution in [0.4, 0.5) is 5.69 Å². The molecule has 2 heterocycles. The molecule has 1 aliphatic rings. The maximum atomic E-state index is 4.45. The molecular weight excluding hydrogens is 332 g/mol. The summed E-state index contributed by atoms with van der Waals surface area (Å²) in [5, 5.41) is 8.73. The van der Waals surface area contributed by atoms with E-state index in [1.54, 1.807) is 0 Å². The Morgan fingerprint density at radius 3 is 2.22 bits per heavy atom. The van der Waals surface area contributed by atoms with E-state index in [2.05, 4.69) is 84.5 Å². The van der Waals surface area contributed by atoms with E-state index in [1.807, 2.05) is 11.7 Å². The first kappa shape index (κ1) is 19.2. The summed E-state index contributed by atoms with van der Waals surface area (Å²) in [6.45, 7) is 8.47. The second kappa shape index (κ2) is 8.85. The summed E-state index contributed by atoms with van der Waals surface area (Å²) in [6.07, 6.45) is 4.08. The topological polar surface area (TPSA) is 34.0 Å². The molecule has 4 heteroatoms. The van der Waals surface area contributed by atoms with Crippen LogP contribution in [0, 0.1) is 0 Å². The van der Waals surface area contributed by atoms with Crippen molar-refractivity contribution < 1.29 is 0 Å². The molecule has 0 aliphatic carbocycles. The molecule has 0 saturated heterocycles. The van der Waals surface area contributed by atoms with Gasteiger partial charge in [-0.2, -0.15) is 0 Å². The number of nitrogens with zero attached hydrogens (tertiary/aromatic N) is 4. The van der Waals surface area contributed by atoms with Gasteiger partial charge in [-0.1, -0.05) is 80.8 Å². The molecule has 3 aromatic rings. The van der Waals surface area contributed by atoms with Gasteiger partial charge in [0, 0.05) is 37.0 Å². The van der Waals surface area contributed by atoms with Crippen molar-refractivity contribution >= 4 is 5.69 Å². The van der Waals surface area contributed by atoms with Crippen molar-refractivity contribution in [1.29, 1.82) is 0 Å². The minimum atomic E-state index is 0.897. The lowest BCUT2D eigenvalue weighted by Crippen LogP contribution is -2.24. The van der Waals surface area contributed by atoms with Gasteiger partial charge >= 0.3 is 0 Å². The number of aromatic nitrogens is 3. The van der Waals surface area contributed by atoms with Crippen LogP contribution in [0.2, 0.25) is 0 Å². The molecule has 0 radical (unpaired) electrons. The van der Waals surface area contributed by atoms with E-state index in [-0.39, 0.29) is 0 Å². The van der Waals surface area contributed by atoms with E-state index < -0.39 is 0 Å². The summed E-state index contributed by atoms with van der Waals surface area (Å²) in [6, 6.07) is 17.0. The number of aryl methyl sites for hydroxylation is 1. The van der Waals surface area contributed by atoms with Gasteiger partial charge in [-0.25, -0.2) is 4.68 Å². The van der Waals surface area contributed by atoms with Crippen molar-refractivity contribution in [3.05, 3.63) is 54.1 Å². The van der Waals surface area contributed by atoms with Crippen LogP contribution in [0.25, 0.3) is 22.5 Å². The lowest BCUT2D eigenvalue weighted by atomic mass is 9.96. The van der Waals surface area contributed by atoms with E-state index >= 15 is 0 Å². The molecule has 0 saturated carbocycles. The number of anilines is 1. The SMILES string of the molecule is CCCCC.CCN1Cc2ccccc2-c2c(nnn2C)-c2ccccc21. The fourth-order valence-corrected chi connectivity index (χ4v) is 3.61. The maximum absolute atomic E-state index is 4.45. The smallest absolute Gasteiger partial charge is 0.123 e. The average molecular weight is 363 g/mol. The highest BCUT2D eigenvalue weighted by Crippen LogP contribution is 2.40. The van der Waals surface area contributed by atoms with Crippen LogP contribution in [0.5, 0.6) is 0 Å². The minimum Gasteiger partial charge on any atom is -0.367 e. The van der Waals surface area contributed by atoms with E-state index in [1.165, 1.54) is 36.1 Å². The Kier molecular flexibility index (Phi) is 6.28. The van der Waals surface area contributed by atoms with Crippen molar-refractivity contribution in [2.45, 2.75) is 46.6 Å². The highest BCUT2D eigenvalue weighted by Gasteiger charge is 2.24. The van der Waals surface area contributed by atoms with Gasteiger partial charge in [0.15, 0.2) is 0 Å². The molecular formula is C23H30N4. The number of benzene rings is 2. The zero-order valence-corrected chi connectivity index (χ0v) is 16.9. The van der Waals surface area contributed by atoms with Crippen LogP contribution in [-0.4, -0.2) is 21.5 Å². The number of hydrogen-bond donors (Lipinski definition) is 0. The summed E-state index contributed by atoms with van der Waals surface area (Å²) in [5.41, 5.74) is 6.97. The zero-order valence-electron chi connectivity index (χ0n) is 16.9. The molecule has 0 unspecified atom stereocenters. The molecule has 0 bridgehead atoms. The molecule has 0 atom stereocenters. The Hall–Kier alpha value is -2.62. The standard InChI is InChI=1S/C18H18N4.C5H12/c1-3-22-12-13-8-4-5-9-14(13)18-17(19-20-21(18)2)15-10-6-7-11-16(15)22;1-3-5-4-2/h4-11H,3,12H2,1-2H3;3-5H2,1-2H3. The number of para-hydroxylation sites is 1. The highest BCUT2D eigenvalue weighted by molar-refractivity contribution is 5.87. The third-order valence-electron chi connectivity index (χ3n) is 5.05. The highest BCUT2D eigenvalue weighted by atomic mass is 15.4. The number of fused-ring (bicyclic) bond motifs is 5. The first-order chi connectivity index (χ1) is 13.2. The van der Waals surface area contributed by atoms with Crippen molar-refractivity contribution in [3.8, 4) is 22.5 Å². The Morgan fingerprint density at radius 2 is 1.56 bits per heavy atom. The lowest BCUT2D eigenvalue weighted by Gasteiger charge is -2.28. The summed E-state index contributed by atoms with van der Waals surface area (Å²) >= 11 is 0. The average Bonchev–Trinajstić information content (AvgIpc) is 3.07. The van der Waals surface area contributed by atoms with Gasteiger partial charge in [0.05, 0.1) is 5.69 Å². The third kappa shape index (κ3) is 3.90. The van der Waals surface area contributed by atoms with Crippen molar-refractivity contribution in [3.63, 3.8) is 0 Å². The fraction of sp³-hybridized carbons (Fsp3) is 0.391. The Balaban J connectivity index is 0.000000376. The van der Waals surface area contributed by atoms with Crippen LogP contribution in [0.3, 0.4) is 0 Å². The number of hydrogen-bond acceptors (Lipinski definition) is 3. The molecule has 0 amide bonds. The van der Waals surface area contributed by atoms with Crippen LogP contribution >= 0.6 is 0 Å². The predicted molar refractivity (Wildman–Crippen MR) is 114 cm³/mol. The normalized spacial score (nSPS) is 12.1. The lowest BCUT2D eigenvalue weighted by molar-refractivity contribution is 0.720. The van der Waals surface area contributed by atoms with Gasteiger partial charge in [0.1, 0.15) is 5.69 Å². The van der Waals surface area contributed by atoms with Crippen LogP contribution in [0.15, 0.2) is 48.5 Å². The minimum absolute atomic E-state index is 0.897. The van der Waals surface area contributed by atoms with E-state index in [0.717, 1.165) is 30.0 Å². The second-order valence-corrected chi connectivity index (χ2v) is 6.95. The van der Waals surface area contributed by atoms with Crippen LogP contribution in [-0.2, 0) is 13.6 Å². The van der Waals surface area contributed by atoms with Gasteiger partial charge in [-0.3, -0.25) is 0 Å². The molecule has 27 heavy (non-hydrogen) atoms. The number of unbranched alkanes of at least 4 members (excludes halogenated alkanes) is 2. The Morgan fingerprint density at radius 1 is 0.889 bits per heavy atom. The first-order valence-corrected chi connectivity index (χ1v) is 10.0. The molecule has 4 rings (SSSR count). The largest absolute Gasteiger partial charge is 0.367 e. The molecule has 2 aromatic carbocycles. The monoisotopic (exact) mass is 362 g/mol. The van der Waals surface area contributed by atoms with Crippen LogP contribution < -0.4 is 4.90 Å². The van der Waals surface area contributed by atoms with E-state index in [0.29, 0.717) is 0 Å². The van der Waals surface area contributed by atoms with Gasteiger partial charge < -0.3 is 4.90 Å². The van der Waals surface area contributed by atoms with E-state index in [9.17, 15) is 0 Å². The predicted octanol–water partition coefficient (Wildman–Crippen LogP) is 5.69. The molecule has 0 N–H and O–H groups in total. The Bertz CT molecular complexity index is 880. The van der Waals surface area contributed by atoms with Gasteiger partial charge in [0.25, 0.3) is 0 Å². The molecule has 1 aromatic heterocycles. The molecule has 0 fully saturated rings. The van der Waals surface area contributed by atoms with Gasteiger partial charge in [0.2, 0.25) is 0 Å². The number of rotatable bonds is 3. The first-order valence-electron chi connectivity index (χ1n) is 10.0. The molecule has 142 valence electrons. The summed E-state index contributed by atoms with van der Waals surface area (Å²) in [5.74, 6) is 0. The summed E-state index contributed by atoms with van der Waals surface area (Å²) in [4.78, 5) is 2.39.